The molecule has 0 spiro atoms. The van der Waals surface area contributed by atoms with E-state index in [0.29, 0.717) is 18.3 Å². The number of aromatic nitrogens is 2. The van der Waals surface area contributed by atoms with Gasteiger partial charge in [-0.1, -0.05) is 42.5 Å². The standard InChI is InChI=1S/C25H16F6N2O5S2/c1-39(34,35)16-9-7-15(8-10-16)20-17(14-5-3-2-4-6-14)13-18(24(26,27)28)21(22(20)40(36,37)38)19-11-12-32-23(33-19)25(29,30)31/h2-13H,1H3,(H,36,37,38). The van der Waals surface area contributed by atoms with Gasteiger partial charge in [-0.05, 0) is 41.0 Å². The van der Waals surface area contributed by atoms with Crippen molar-refractivity contribution in [3.63, 3.8) is 0 Å². The van der Waals surface area contributed by atoms with Crippen LogP contribution in [0.1, 0.15) is 11.4 Å². The Morgan fingerprint density at radius 3 is 1.85 bits per heavy atom. The van der Waals surface area contributed by atoms with Gasteiger partial charge >= 0.3 is 12.4 Å². The summed E-state index contributed by atoms with van der Waals surface area (Å²) in [6.07, 6.45) is -9.13. The number of sulfone groups is 1. The van der Waals surface area contributed by atoms with Crippen molar-refractivity contribution in [2.24, 2.45) is 0 Å². The second-order valence-corrected chi connectivity index (χ2v) is 11.8. The summed E-state index contributed by atoms with van der Waals surface area (Å²) in [4.78, 5) is 4.59. The first kappa shape index (κ1) is 29.2. The Hall–Kier alpha value is -3.82. The third kappa shape index (κ3) is 5.85. The van der Waals surface area contributed by atoms with Crippen molar-refractivity contribution in [2.45, 2.75) is 22.1 Å². The number of alkyl halides is 6. The fraction of sp³-hybridized carbons (Fsp3) is 0.120. The van der Waals surface area contributed by atoms with Crippen LogP contribution in [0.4, 0.5) is 26.3 Å². The van der Waals surface area contributed by atoms with Gasteiger partial charge in [0.05, 0.1) is 16.2 Å². The second kappa shape index (κ2) is 9.98. The minimum absolute atomic E-state index is 0.0605. The number of rotatable bonds is 5. The number of hydrogen-bond donors (Lipinski definition) is 1. The monoisotopic (exact) mass is 602 g/mol. The third-order valence-electron chi connectivity index (χ3n) is 5.67. The molecule has 0 radical (unpaired) electrons. The van der Waals surface area contributed by atoms with Gasteiger partial charge in [0.25, 0.3) is 10.1 Å². The Morgan fingerprint density at radius 2 is 1.35 bits per heavy atom. The zero-order valence-electron chi connectivity index (χ0n) is 20.0. The molecule has 0 unspecified atom stereocenters. The van der Waals surface area contributed by atoms with E-state index in [0.717, 1.165) is 30.5 Å². The molecule has 4 rings (SSSR count). The predicted octanol–water partition coefficient (Wildman–Crippen LogP) is 6.17. The zero-order chi connectivity index (χ0) is 29.7. The highest BCUT2D eigenvalue weighted by atomic mass is 32.2. The lowest BCUT2D eigenvalue weighted by Crippen LogP contribution is -2.16. The van der Waals surface area contributed by atoms with Crippen LogP contribution >= 0.6 is 0 Å². The van der Waals surface area contributed by atoms with Crippen molar-refractivity contribution in [3.05, 3.63) is 84.3 Å². The number of hydrogen-bond acceptors (Lipinski definition) is 6. The lowest BCUT2D eigenvalue weighted by molar-refractivity contribution is -0.144. The molecule has 0 bridgehead atoms. The van der Waals surface area contributed by atoms with Gasteiger partial charge in [0.2, 0.25) is 5.82 Å². The topological polar surface area (TPSA) is 114 Å². The van der Waals surface area contributed by atoms with Crippen LogP contribution in [0.3, 0.4) is 0 Å². The molecule has 0 aliphatic heterocycles. The average Bonchev–Trinajstić information content (AvgIpc) is 2.86. The summed E-state index contributed by atoms with van der Waals surface area (Å²) in [7, 11) is -9.36. The van der Waals surface area contributed by atoms with E-state index in [1.165, 1.54) is 30.3 Å². The second-order valence-electron chi connectivity index (χ2n) is 8.45. The zero-order valence-corrected chi connectivity index (χ0v) is 21.6. The minimum atomic E-state index is -5.62. The van der Waals surface area contributed by atoms with Crippen molar-refractivity contribution in [1.29, 1.82) is 0 Å². The first-order chi connectivity index (χ1) is 18.4. The Bertz CT molecular complexity index is 1810. The number of benzene rings is 3. The van der Waals surface area contributed by atoms with E-state index in [4.69, 9.17) is 0 Å². The summed E-state index contributed by atoms with van der Waals surface area (Å²) < 4.78 is 143. The highest BCUT2D eigenvalue weighted by Crippen LogP contribution is 2.49. The summed E-state index contributed by atoms with van der Waals surface area (Å²) in [5, 5.41) is 0. The van der Waals surface area contributed by atoms with Gasteiger partial charge < -0.3 is 0 Å². The van der Waals surface area contributed by atoms with E-state index in [9.17, 15) is 47.7 Å². The molecule has 1 heterocycles. The van der Waals surface area contributed by atoms with Crippen LogP contribution in [0.25, 0.3) is 33.5 Å². The summed E-state index contributed by atoms with van der Waals surface area (Å²) in [6.45, 7) is 0. The molecule has 4 aromatic rings. The van der Waals surface area contributed by atoms with Crippen molar-refractivity contribution >= 4 is 20.0 Å². The Balaban J connectivity index is 2.26. The lowest BCUT2D eigenvalue weighted by Gasteiger charge is -2.23. The maximum absolute atomic E-state index is 14.4. The Morgan fingerprint density at radius 1 is 0.750 bits per heavy atom. The van der Waals surface area contributed by atoms with Crippen LogP contribution in [0, 0.1) is 0 Å². The number of nitrogens with zero attached hydrogens (tertiary/aromatic N) is 2. The molecule has 0 saturated carbocycles. The molecule has 1 N–H and O–H groups in total. The molecule has 0 fully saturated rings. The molecule has 210 valence electrons. The molecule has 0 amide bonds. The van der Waals surface area contributed by atoms with Gasteiger partial charge in [-0.3, -0.25) is 4.55 Å². The molecule has 7 nitrogen and oxygen atoms in total. The average molecular weight is 603 g/mol. The molecule has 15 heteroatoms. The Kier molecular flexibility index (Phi) is 7.28. The van der Waals surface area contributed by atoms with Crippen LogP contribution < -0.4 is 0 Å². The van der Waals surface area contributed by atoms with E-state index >= 15 is 0 Å². The van der Waals surface area contributed by atoms with Crippen LogP contribution in [-0.4, -0.2) is 37.6 Å². The molecular weight excluding hydrogens is 586 g/mol. The summed E-state index contributed by atoms with van der Waals surface area (Å²) in [6, 6.07) is 12.6. The van der Waals surface area contributed by atoms with Crippen molar-refractivity contribution in [3.8, 4) is 33.5 Å². The fourth-order valence-electron chi connectivity index (χ4n) is 4.03. The molecule has 1 aromatic heterocycles. The fourth-order valence-corrected chi connectivity index (χ4v) is 5.62. The van der Waals surface area contributed by atoms with Gasteiger partial charge in [0, 0.05) is 23.6 Å². The van der Waals surface area contributed by atoms with Gasteiger partial charge in [-0.25, -0.2) is 18.4 Å². The van der Waals surface area contributed by atoms with E-state index in [1.54, 1.807) is 0 Å². The van der Waals surface area contributed by atoms with Crippen molar-refractivity contribution < 1.29 is 47.7 Å². The van der Waals surface area contributed by atoms with Gasteiger partial charge in [0.1, 0.15) is 4.90 Å². The Labute approximate surface area is 223 Å². The largest absolute Gasteiger partial charge is 0.451 e. The van der Waals surface area contributed by atoms with Crippen LogP contribution in [-0.2, 0) is 32.3 Å². The van der Waals surface area contributed by atoms with E-state index in [1.807, 2.05) is 0 Å². The molecule has 40 heavy (non-hydrogen) atoms. The quantitative estimate of drug-likeness (QED) is 0.215. The maximum atomic E-state index is 14.4. The summed E-state index contributed by atoms with van der Waals surface area (Å²) in [5.74, 6) is -1.84. The van der Waals surface area contributed by atoms with Crippen molar-refractivity contribution in [1.82, 2.24) is 9.97 Å². The molecule has 0 saturated heterocycles. The van der Waals surface area contributed by atoms with Gasteiger partial charge in [-0.15, -0.1) is 0 Å². The molecule has 0 aliphatic rings. The lowest BCUT2D eigenvalue weighted by atomic mass is 9.88. The first-order valence-corrected chi connectivity index (χ1v) is 14.2. The summed E-state index contributed by atoms with van der Waals surface area (Å²) >= 11 is 0. The minimum Gasteiger partial charge on any atom is -0.282 e. The van der Waals surface area contributed by atoms with Crippen molar-refractivity contribution in [2.75, 3.05) is 6.26 Å². The van der Waals surface area contributed by atoms with Crippen LogP contribution in [0.2, 0.25) is 0 Å². The van der Waals surface area contributed by atoms with Gasteiger partial charge in [0.15, 0.2) is 9.84 Å². The van der Waals surface area contributed by atoms with E-state index in [2.05, 4.69) is 9.97 Å². The van der Waals surface area contributed by atoms with E-state index in [-0.39, 0.29) is 21.6 Å². The molecule has 0 atom stereocenters. The number of halogens is 6. The highest BCUT2D eigenvalue weighted by Gasteiger charge is 2.41. The molecular formula is C25H16F6N2O5S2. The third-order valence-corrected chi connectivity index (χ3v) is 7.72. The van der Waals surface area contributed by atoms with Gasteiger partial charge in [-0.2, -0.15) is 34.8 Å². The maximum Gasteiger partial charge on any atom is 0.451 e. The first-order valence-electron chi connectivity index (χ1n) is 10.9. The van der Waals surface area contributed by atoms with E-state index < -0.39 is 65.4 Å². The SMILES string of the molecule is CS(=O)(=O)c1ccc(-c2c(-c3ccccc3)cc(C(F)(F)F)c(-c3ccnc(C(F)(F)F)n3)c2S(=O)(=O)O)cc1. The predicted molar refractivity (Wildman–Crippen MR) is 131 cm³/mol. The smallest absolute Gasteiger partial charge is 0.282 e. The molecule has 3 aromatic carbocycles. The van der Waals surface area contributed by atoms with Crippen LogP contribution in [0.15, 0.2) is 82.7 Å². The summed E-state index contributed by atoms with van der Waals surface area (Å²) in [5.41, 5.74) is -5.09. The molecule has 0 aliphatic carbocycles. The highest BCUT2D eigenvalue weighted by molar-refractivity contribution is 7.90. The van der Waals surface area contributed by atoms with Crippen LogP contribution in [0.5, 0.6) is 0 Å². The normalized spacial score (nSPS) is 12.9.